The van der Waals surface area contributed by atoms with Crippen LogP contribution < -0.4 is 5.11 Å². The standard InChI is InChI=1S/C18H16FNO2/c1-20-11-16(14-7-2-3-8-17(14)20)15(10-18(21)22)12-5-4-6-13(19)9-12/h2-9,11,15H,10H2,1H3,(H,21,22)/p-1/t15-/m1/s1. The summed E-state index contributed by atoms with van der Waals surface area (Å²) >= 11 is 0. The molecule has 22 heavy (non-hydrogen) atoms. The number of aromatic nitrogens is 1. The van der Waals surface area contributed by atoms with Gasteiger partial charge in [0.15, 0.2) is 0 Å². The van der Waals surface area contributed by atoms with Crippen LogP contribution in [0.15, 0.2) is 54.7 Å². The van der Waals surface area contributed by atoms with Crippen LogP contribution in [-0.2, 0) is 11.8 Å². The molecule has 0 amide bonds. The fourth-order valence-corrected chi connectivity index (χ4v) is 2.95. The van der Waals surface area contributed by atoms with Crippen LogP contribution in [0.5, 0.6) is 0 Å². The first kappa shape index (κ1) is 14.3. The number of carbonyl (C=O) groups is 1. The minimum atomic E-state index is -1.15. The van der Waals surface area contributed by atoms with Gasteiger partial charge in [-0.25, -0.2) is 4.39 Å². The number of carboxylic acids is 1. The Kier molecular flexibility index (Phi) is 3.67. The van der Waals surface area contributed by atoms with Crippen LogP contribution in [0.4, 0.5) is 4.39 Å². The minimum Gasteiger partial charge on any atom is -0.550 e. The van der Waals surface area contributed by atoms with Crippen molar-refractivity contribution in [3.8, 4) is 0 Å². The summed E-state index contributed by atoms with van der Waals surface area (Å²) < 4.78 is 15.5. The van der Waals surface area contributed by atoms with Gasteiger partial charge >= 0.3 is 0 Å². The molecule has 0 aliphatic heterocycles. The van der Waals surface area contributed by atoms with E-state index in [9.17, 15) is 14.3 Å². The predicted octanol–water partition coefficient (Wildman–Crippen LogP) is 2.59. The van der Waals surface area contributed by atoms with Gasteiger partial charge < -0.3 is 14.5 Å². The fraction of sp³-hybridized carbons (Fsp3) is 0.167. The molecule has 1 heterocycles. The van der Waals surface area contributed by atoms with Gasteiger partial charge in [-0.2, -0.15) is 0 Å². The summed E-state index contributed by atoms with van der Waals surface area (Å²) in [6, 6.07) is 13.8. The Morgan fingerprint density at radius 1 is 1.23 bits per heavy atom. The second kappa shape index (κ2) is 5.64. The molecule has 0 fully saturated rings. The number of carboxylic acid groups (broad SMARTS) is 1. The molecular formula is C18H15FNO2-. The highest BCUT2D eigenvalue weighted by atomic mass is 19.1. The fourth-order valence-electron chi connectivity index (χ4n) is 2.95. The van der Waals surface area contributed by atoms with Gasteiger partial charge in [-0.05, 0) is 35.7 Å². The van der Waals surface area contributed by atoms with Crippen LogP contribution in [-0.4, -0.2) is 10.5 Å². The zero-order valence-corrected chi connectivity index (χ0v) is 12.1. The first-order chi connectivity index (χ1) is 10.6. The monoisotopic (exact) mass is 296 g/mol. The lowest BCUT2D eigenvalue weighted by Crippen LogP contribution is -2.25. The topological polar surface area (TPSA) is 45.1 Å². The summed E-state index contributed by atoms with van der Waals surface area (Å²) in [5.41, 5.74) is 2.52. The van der Waals surface area contributed by atoms with Crippen molar-refractivity contribution in [2.24, 2.45) is 7.05 Å². The van der Waals surface area contributed by atoms with Gasteiger partial charge in [0.25, 0.3) is 0 Å². The molecule has 0 spiro atoms. The molecule has 0 N–H and O–H groups in total. The first-order valence-corrected chi connectivity index (χ1v) is 7.05. The minimum absolute atomic E-state index is 0.183. The van der Waals surface area contributed by atoms with E-state index in [-0.39, 0.29) is 12.2 Å². The highest BCUT2D eigenvalue weighted by Gasteiger charge is 2.19. The quantitative estimate of drug-likeness (QED) is 0.743. The Bertz CT molecular complexity index is 838. The third-order valence-corrected chi connectivity index (χ3v) is 3.93. The maximum atomic E-state index is 13.5. The van der Waals surface area contributed by atoms with Crippen molar-refractivity contribution >= 4 is 16.9 Å². The Labute approximate surface area is 127 Å². The number of halogens is 1. The number of aliphatic carboxylic acids is 1. The van der Waals surface area contributed by atoms with Gasteiger partial charge in [0, 0.05) is 36.0 Å². The Hall–Kier alpha value is -2.62. The van der Waals surface area contributed by atoms with Crippen molar-refractivity contribution in [1.82, 2.24) is 4.57 Å². The summed E-state index contributed by atoms with van der Waals surface area (Å²) in [6.45, 7) is 0. The lowest BCUT2D eigenvalue weighted by Gasteiger charge is -2.18. The van der Waals surface area contributed by atoms with E-state index in [1.54, 1.807) is 12.1 Å². The van der Waals surface area contributed by atoms with Gasteiger partial charge in [0.05, 0.1) is 0 Å². The number of carbonyl (C=O) groups excluding carboxylic acids is 1. The number of aryl methyl sites for hydroxylation is 1. The van der Waals surface area contributed by atoms with E-state index in [1.807, 2.05) is 42.1 Å². The van der Waals surface area contributed by atoms with E-state index >= 15 is 0 Å². The number of benzene rings is 2. The van der Waals surface area contributed by atoms with Crippen LogP contribution in [0.1, 0.15) is 23.5 Å². The average Bonchev–Trinajstić information content (AvgIpc) is 2.82. The van der Waals surface area contributed by atoms with E-state index in [0.29, 0.717) is 5.56 Å². The Morgan fingerprint density at radius 3 is 2.73 bits per heavy atom. The average molecular weight is 296 g/mol. The van der Waals surface area contributed by atoms with Crippen LogP contribution in [0, 0.1) is 5.82 Å². The number of hydrogen-bond donors (Lipinski definition) is 0. The SMILES string of the molecule is Cn1cc([C@H](CC(=O)[O-])c2cccc(F)c2)c2ccccc21. The summed E-state index contributed by atoms with van der Waals surface area (Å²) in [5, 5.41) is 12.1. The highest BCUT2D eigenvalue weighted by molar-refractivity contribution is 5.85. The van der Waals surface area contributed by atoms with Crippen LogP contribution in [0.2, 0.25) is 0 Å². The van der Waals surface area contributed by atoms with Crippen molar-refractivity contribution in [2.75, 3.05) is 0 Å². The molecule has 4 heteroatoms. The van der Waals surface area contributed by atoms with Crippen molar-refractivity contribution < 1.29 is 14.3 Å². The van der Waals surface area contributed by atoms with Crippen LogP contribution in [0.3, 0.4) is 0 Å². The summed E-state index contributed by atoms with van der Waals surface area (Å²) in [5.74, 6) is -1.96. The number of rotatable bonds is 4. The lowest BCUT2D eigenvalue weighted by atomic mass is 9.88. The van der Waals surface area contributed by atoms with E-state index in [0.717, 1.165) is 16.5 Å². The van der Waals surface area contributed by atoms with Crippen LogP contribution in [0.25, 0.3) is 10.9 Å². The van der Waals surface area contributed by atoms with Crippen molar-refractivity contribution in [3.63, 3.8) is 0 Å². The van der Waals surface area contributed by atoms with E-state index in [2.05, 4.69) is 0 Å². The molecule has 1 atom stereocenters. The Balaban J connectivity index is 2.18. The molecule has 0 radical (unpaired) electrons. The molecule has 3 aromatic rings. The van der Waals surface area contributed by atoms with Crippen molar-refractivity contribution in [2.45, 2.75) is 12.3 Å². The molecular weight excluding hydrogens is 281 g/mol. The molecule has 3 rings (SSSR count). The van der Waals surface area contributed by atoms with Gasteiger partial charge in [-0.15, -0.1) is 0 Å². The number of nitrogens with zero attached hydrogens (tertiary/aromatic N) is 1. The molecule has 0 unspecified atom stereocenters. The van der Waals surface area contributed by atoms with Crippen molar-refractivity contribution in [1.29, 1.82) is 0 Å². The highest BCUT2D eigenvalue weighted by Crippen LogP contribution is 2.34. The maximum absolute atomic E-state index is 13.5. The molecule has 0 aliphatic rings. The molecule has 2 aromatic carbocycles. The second-order valence-electron chi connectivity index (χ2n) is 5.40. The van der Waals surface area contributed by atoms with Gasteiger partial charge in [0.1, 0.15) is 5.82 Å². The van der Waals surface area contributed by atoms with Crippen LogP contribution >= 0.6 is 0 Å². The van der Waals surface area contributed by atoms with Gasteiger partial charge in [-0.3, -0.25) is 0 Å². The number of para-hydroxylation sites is 1. The Morgan fingerprint density at radius 2 is 2.00 bits per heavy atom. The normalized spacial score (nSPS) is 12.5. The molecule has 1 aromatic heterocycles. The zero-order valence-electron chi connectivity index (χ0n) is 12.1. The summed E-state index contributed by atoms with van der Waals surface area (Å²) in [6.07, 6.45) is 1.72. The zero-order chi connectivity index (χ0) is 15.7. The molecule has 0 saturated carbocycles. The van der Waals surface area contributed by atoms with E-state index < -0.39 is 11.9 Å². The summed E-state index contributed by atoms with van der Waals surface area (Å²) in [7, 11) is 1.91. The molecule has 0 saturated heterocycles. The van der Waals surface area contributed by atoms with Gasteiger partial charge in [0.2, 0.25) is 0 Å². The third-order valence-electron chi connectivity index (χ3n) is 3.93. The lowest BCUT2D eigenvalue weighted by molar-refractivity contribution is -0.305. The third kappa shape index (κ3) is 2.60. The van der Waals surface area contributed by atoms with Gasteiger partial charge in [-0.1, -0.05) is 30.3 Å². The number of fused-ring (bicyclic) bond motifs is 1. The van der Waals surface area contributed by atoms with E-state index in [1.165, 1.54) is 12.1 Å². The summed E-state index contributed by atoms with van der Waals surface area (Å²) in [4.78, 5) is 11.2. The van der Waals surface area contributed by atoms with Crippen molar-refractivity contribution in [3.05, 3.63) is 71.7 Å². The van der Waals surface area contributed by atoms with E-state index in [4.69, 9.17) is 0 Å². The molecule has 0 aliphatic carbocycles. The maximum Gasteiger partial charge on any atom is 0.123 e. The molecule has 0 bridgehead atoms. The second-order valence-corrected chi connectivity index (χ2v) is 5.40. The molecule has 3 nitrogen and oxygen atoms in total. The largest absolute Gasteiger partial charge is 0.550 e. The molecule has 112 valence electrons. The predicted molar refractivity (Wildman–Crippen MR) is 80.8 cm³/mol. The first-order valence-electron chi connectivity index (χ1n) is 7.05. The number of hydrogen-bond acceptors (Lipinski definition) is 2. The smallest absolute Gasteiger partial charge is 0.123 e.